The summed E-state index contributed by atoms with van der Waals surface area (Å²) in [5, 5.41) is 6.42. The van der Waals surface area contributed by atoms with Crippen LogP contribution in [0.2, 0.25) is 5.02 Å². The number of fused-ring (bicyclic) bond motifs is 1. The monoisotopic (exact) mass is 603 g/mol. The van der Waals surface area contributed by atoms with Gasteiger partial charge < -0.3 is 15.4 Å². The first-order valence-electron chi connectivity index (χ1n) is 12.4. The number of hydrogen-bond acceptors (Lipinski definition) is 9. The number of carbonyl (C=O) groups excluding carboxylic acids is 1. The van der Waals surface area contributed by atoms with Crippen LogP contribution in [0.5, 0.6) is 5.88 Å². The topological polar surface area (TPSA) is 148 Å². The van der Waals surface area contributed by atoms with Gasteiger partial charge in [0.15, 0.2) is 22.3 Å². The highest BCUT2D eigenvalue weighted by Crippen LogP contribution is 2.33. The van der Waals surface area contributed by atoms with Crippen LogP contribution >= 0.6 is 11.6 Å². The number of aromatic nitrogens is 4. The predicted octanol–water partition coefficient (Wildman–Crippen LogP) is 4.15. The number of ether oxygens (including phenoxy) is 1. The molecule has 3 N–H and O–H groups in total. The summed E-state index contributed by atoms with van der Waals surface area (Å²) >= 11 is 5.88. The predicted molar refractivity (Wildman–Crippen MR) is 148 cm³/mol. The molecule has 4 aromatic rings. The lowest BCUT2D eigenvalue weighted by atomic mass is 10.0. The first-order valence-corrected chi connectivity index (χ1v) is 14.3. The van der Waals surface area contributed by atoms with E-state index in [1.54, 1.807) is 13.1 Å². The number of carbonyl (C=O) groups is 1. The van der Waals surface area contributed by atoms with Gasteiger partial charge >= 0.3 is 0 Å². The molecule has 1 aromatic carbocycles. The third-order valence-corrected chi connectivity index (χ3v) is 8.26. The Bertz CT molecular complexity index is 1760. The van der Waals surface area contributed by atoms with E-state index >= 15 is 4.39 Å². The normalized spacial score (nSPS) is 16.9. The highest BCUT2D eigenvalue weighted by atomic mass is 35.5. The number of pyridine rings is 2. The number of nitrogens with zero attached hydrogens (tertiary/aromatic N) is 4. The lowest BCUT2D eigenvalue weighted by molar-refractivity contribution is -0.124. The number of hydrogen-bond donors (Lipinski definition) is 3. The first-order chi connectivity index (χ1) is 19.6. The van der Waals surface area contributed by atoms with E-state index in [0.29, 0.717) is 29.5 Å². The third-order valence-electron chi connectivity index (χ3n) is 6.72. The summed E-state index contributed by atoms with van der Waals surface area (Å²) in [6.45, 7) is 0. The zero-order valence-corrected chi connectivity index (χ0v) is 23.4. The molecule has 0 bridgehead atoms. The van der Waals surface area contributed by atoms with Crippen molar-refractivity contribution >= 4 is 50.2 Å². The number of rotatable bonds is 8. The van der Waals surface area contributed by atoms with Gasteiger partial charge in [0.25, 0.3) is 10.0 Å². The highest BCUT2D eigenvalue weighted by Gasteiger charge is 2.30. The average Bonchev–Trinajstić information content (AvgIpc) is 3.42. The van der Waals surface area contributed by atoms with Crippen LogP contribution in [0, 0.1) is 17.6 Å². The highest BCUT2D eigenvalue weighted by molar-refractivity contribution is 7.92. The molecule has 15 heteroatoms. The van der Waals surface area contributed by atoms with Crippen LogP contribution in [-0.2, 0) is 14.8 Å². The Kier molecular flexibility index (Phi) is 7.87. The van der Waals surface area contributed by atoms with Gasteiger partial charge in [-0.2, -0.15) is 0 Å². The fourth-order valence-corrected chi connectivity index (χ4v) is 6.11. The Morgan fingerprint density at radius 2 is 1.90 bits per heavy atom. The number of amides is 1. The summed E-state index contributed by atoms with van der Waals surface area (Å²) in [6.07, 6.45) is 5.63. The van der Waals surface area contributed by atoms with Crippen LogP contribution in [0.15, 0.2) is 47.8 Å². The largest absolute Gasteiger partial charge is 0.480 e. The van der Waals surface area contributed by atoms with Gasteiger partial charge in [-0.3, -0.25) is 9.52 Å². The van der Waals surface area contributed by atoms with E-state index in [1.807, 2.05) is 4.72 Å². The summed E-state index contributed by atoms with van der Waals surface area (Å²) in [6, 6.07) is 5.64. The van der Waals surface area contributed by atoms with Crippen molar-refractivity contribution in [3.05, 3.63) is 59.5 Å². The van der Waals surface area contributed by atoms with Crippen molar-refractivity contribution in [1.82, 2.24) is 25.3 Å². The van der Waals surface area contributed by atoms with E-state index in [0.717, 1.165) is 18.9 Å². The van der Waals surface area contributed by atoms with Crippen molar-refractivity contribution < 1.29 is 26.7 Å². The molecule has 1 fully saturated rings. The number of anilines is 2. The van der Waals surface area contributed by atoms with Gasteiger partial charge in [0.2, 0.25) is 17.7 Å². The van der Waals surface area contributed by atoms with Crippen LogP contribution < -0.4 is 20.1 Å². The minimum absolute atomic E-state index is 0.00692. The smallest absolute Gasteiger partial charge is 0.268 e. The third kappa shape index (κ3) is 5.84. The second-order valence-corrected chi connectivity index (χ2v) is 11.4. The number of benzene rings is 1. The molecular weight excluding hydrogens is 580 g/mol. The maximum absolute atomic E-state index is 15.6. The average molecular weight is 604 g/mol. The molecule has 214 valence electrons. The molecule has 3 heterocycles. The number of methoxy groups -OCH3 is 1. The Balaban J connectivity index is 1.41. The molecule has 5 rings (SSSR count). The Morgan fingerprint density at radius 1 is 1.10 bits per heavy atom. The van der Waals surface area contributed by atoms with Crippen LogP contribution in [0.4, 0.5) is 20.5 Å². The minimum Gasteiger partial charge on any atom is -0.480 e. The molecular formula is C26H24ClF2N7O4S. The summed E-state index contributed by atoms with van der Waals surface area (Å²) in [5.74, 6) is -2.92. The first kappa shape index (κ1) is 28.4. The van der Waals surface area contributed by atoms with Crippen LogP contribution in [-0.4, -0.2) is 54.5 Å². The summed E-state index contributed by atoms with van der Waals surface area (Å²) in [5.41, 5.74) is 0.138. The van der Waals surface area contributed by atoms with Crippen molar-refractivity contribution in [2.45, 2.75) is 30.2 Å². The standard InChI is InChI=1S/C26H24ClF2N7O4S/c1-30-24(37)14-3-5-17(8-14)34-26-33-10-15-7-13(4-6-19(15)35-26)21-18(28)12-31-23(22(21)29)36-41(38,39)20-9-16(27)11-32-25(20)40-2/h4,6-7,9-12,14,17H,3,5,8H2,1-2H3,(H,30,37)(H,31,36)(H,33,34,35)/t14-,17-/m1/s1. The molecule has 0 unspecified atom stereocenters. The minimum atomic E-state index is -4.47. The number of nitrogens with one attached hydrogen (secondary N) is 3. The molecule has 0 radical (unpaired) electrons. The van der Waals surface area contributed by atoms with Gasteiger partial charge in [-0.25, -0.2) is 37.1 Å². The molecule has 0 aliphatic heterocycles. The Morgan fingerprint density at radius 3 is 2.66 bits per heavy atom. The van der Waals surface area contributed by atoms with E-state index in [4.69, 9.17) is 16.3 Å². The molecule has 1 aliphatic rings. The van der Waals surface area contributed by atoms with Gasteiger partial charge in [-0.15, -0.1) is 0 Å². The molecule has 11 nitrogen and oxygen atoms in total. The van der Waals surface area contributed by atoms with E-state index < -0.39 is 37.9 Å². The fourth-order valence-electron chi connectivity index (χ4n) is 4.73. The van der Waals surface area contributed by atoms with Crippen LogP contribution in [0.25, 0.3) is 22.0 Å². The van der Waals surface area contributed by atoms with Crippen molar-refractivity contribution in [2.24, 2.45) is 5.92 Å². The van der Waals surface area contributed by atoms with E-state index in [-0.39, 0.29) is 34.3 Å². The molecule has 0 saturated heterocycles. The van der Waals surface area contributed by atoms with Crippen LogP contribution in [0.3, 0.4) is 0 Å². The fraction of sp³-hybridized carbons (Fsp3) is 0.269. The number of halogens is 3. The van der Waals surface area contributed by atoms with Crippen molar-refractivity contribution in [3.8, 4) is 17.0 Å². The van der Waals surface area contributed by atoms with Crippen LogP contribution in [0.1, 0.15) is 19.3 Å². The lowest BCUT2D eigenvalue weighted by Gasteiger charge is -2.14. The van der Waals surface area contributed by atoms with Gasteiger partial charge in [-0.1, -0.05) is 17.7 Å². The molecule has 1 saturated carbocycles. The maximum Gasteiger partial charge on any atom is 0.268 e. The SMILES string of the molecule is CNC(=O)[C@@H]1CC[C@@H](Nc2ncc3cc(-c4c(F)cnc(NS(=O)(=O)c5cc(Cl)cnc5OC)c4F)ccc3n2)C1. The second-order valence-electron chi connectivity index (χ2n) is 9.34. The second kappa shape index (κ2) is 11.4. The number of sulfonamides is 1. The quantitative estimate of drug-likeness (QED) is 0.270. The zero-order valence-electron chi connectivity index (χ0n) is 21.8. The summed E-state index contributed by atoms with van der Waals surface area (Å²) in [4.78, 5) is 27.7. The van der Waals surface area contributed by atoms with Crippen molar-refractivity contribution in [1.29, 1.82) is 0 Å². The molecule has 0 spiro atoms. The molecule has 1 aliphatic carbocycles. The Labute approximate surface area is 238 Å². The summed E-state index contributed by atoms with van der Waals surface area (Å²) < 4.78 is 63.4. The molecule has 1 amide bonds. The molecule has 41 heavy (non-hydrogen) atoms. The van der Waals surface area contributed by atoms with Crippen molar-refractivity contribution in [3.63, 3.8) is 0 Å². The Hall–Kier alpha value is -4.17. The van der Waals surface area contributed by atoms with E-state index in [2.05, 4.69) is 30.6 Å². The summed E-state index contributed by atoms with van der Waals surface area (Å²) in [7, 11) is -1.64. The van der Waals surface area contributed by atoms with E-state index in [9.17, 15) is 17.6 Å². The van der Waals surface area contributed by atoms with E-state index in [1.165, 1.54) is 31.6 Å². The van der Waals surface area contributed by atoms with Gasteiger partial charge in [0, 0.05) is 36.8 Å². The van der Waals surface area contributed by atoms with Gasteiger partial charge in [-0.05, 0) is 43.0 Å². The van der Waals surface area contributed by atoms with Gasteiger partial charge in [0.05, 0.1) is 29.4 Å². The molecule has 3 aromatic heterocycles. The maximum atomic E-state index is 15.6. The van der Waals surface area contributed by atoms with Crippen molar-refractivity contribution in [2.75, 3.05) is 24.2 Å². The zero-order chi connectivity index (χ0) is 29.3. The lowest BCUT2D eigenvalue weighted by Crippen LogP contribution is -2.27. The molecule has 2 atom stereocenters. The van der Waals surface area contributed by atoms with Gasteiger partial charge in [0.1, 0.15) is 0 Å².